The second-order valence-electron chi connectivity index (χ2n) is 5.85. The summed E-state index contributed by atoms with van der Waals surface area (Å²) in [5.41, 5.74) is 1.71. The van der Waals surface area contributed by atoms with Crippen LogP contribution in [0.4, 0.5) is 14.5 Å². The highest BCUT2D eigenvalue weighted by atomic mass is 19.3. The maximum absolute atomic E-state index is 12.5. The first-order chi connectivity index (χ1) is 14.0. The van der Waals surface area contributed by atoms with Crippen LogP contribution in [0, 0.1) is 6.92 Å². The largest absolute Gasteiger partial charge is 0.434 e. The van der Waals surface area contributed by atoms with Crippen molar-refractivity contribution >= 4 is 17.7 Å². The molecule has 0 aliphatic heterocycles. The number of aryl methyl sites for hydroxylation is 1. The molecule has 0 saturated carbocycles. The number of nitrogens with one attached hydrogen (secondary N) is 1. The molecule has 1 amide bonds. The van der Waals surface area contributed by atoms with Gasteiger partial charge in [0, 0.05) is 29.7 Å². The molecule has 148 valence electrons. The molecule has 0 aliphatic rings. The Morgan fingerprint density at radius 2 is 1.86 bits per heavy atom. The summed E-state index contributed by atoms with van der Waals surface area (Å²) in [7, 11) is 0. The highest BCUT2D eigenvalue weighted by molar-refractivity contribution is 6.02. The topological polar surface area (TPSA) is 73.3 Å². The van der Waals surface area contributed by atoms with Crippen LogP contribution in [0.1, 0.15) is 11.1 Å². The highest BCUT2D eigenvalue weighted by Gasteiger charge is 2.08. The molecular formula is C21H17F2N3O3. The zero-order valence-electron chi connectivity index (χ0n) is 15.4. The van der Waals surface area contributed by atoms with Crippen LogP contribution in [0.15, 0.2) is 67.0 Å². The predicted octanol–water partition coefficient (Wildman–Crippen LogP) is 4.83. The van der Waals surface area contributed by atoms with Crippen LogP contribution in [0.3, 0.4) is 0 Å². The fourth-order valence-electron chi connectivity index (χ4n) is 2.44. The molecule has 3 rings (SSSR count). The summed E-state index contributed by atoms with van der Waals surface area (Å²) in [6.45, 7) is -1.13. The van der Waals surface area contributed by atoms with E-state index in [1.165, 1.54) is 18.2 Å². The van der Waals surface area contributed by atoms with Gasteiger partial charge in [0.25, 0.3) is 0 Å². The quantitative estimate of drug-likeness (QED) is 0.578. The van der Waals surface area contributed by atoms with Crippen molar-refractivity contribution in [3.63, 3.8) is 0 Å². The average Bonchev–Trinajstić information content (AvgIpc) is 2.70. The van der Waals surface area contributed by atoms with Crippen molar-refractivity contribution in [2.24, 2.45) is 0 Å². The van der Waals surface area contributed by atoms with Gasteiger partial charge < -0.3 is 14.8 Å². The minimum absolute atomic E-state index is 0.00707. The number of para-hydroxylation sites is 1. The number of benzene rings is 2. The van der Waals surface area contributed by atoms with Gasteiger partial charge in [-0.2, -0.15) is 8.78 Å². The summed E-state index contributed by atoms with van der Waals surface area (Å²) >= 11 is 0. The van der Waals surface area contributed by atoms with E-state index < -0.39 is 12.5 Å². The van der Waals surface area contributed by atoms with Crippen molar-refractivity contribution in [3.8, 4) is 17.5 Å². The lowest BCUT2D eigenvalue weighted by Crippen LogP contribution is -2.09. The number of carbonyl (C=O) groups excluding carboxylic acids is 1. The van der Waals surface area contributed by atoms with E-state index in [1.54, 1.807) is 54.9 Å². The molecule has 1 N–H and O–H groups in total. The number of aromatic nitrogens is 2. The third-order valence-corrected chi connectivity index (χ3v) is 3.76. The molecule has 6 nitrogen and oxygen atoms in total. The Hall–Kier alpha value is -3.81. The first-order valence-corrected chi connectivity index (χ1v) is 8.59. The lowest BCUT2D eigenvalue weighted by atomic mass is 10.1. The summed E-state index contributed by atoms with van der Waals surface area (Å²) in [5.74, 6) is 0.104. The van der Waals surface area contributed by atoms with Crippen molar-refractivity contribution in [3.05, 3.63) is 78.1 Å². The first-order valence-electron chi connectivity index (χ1n) is 8.59. The second-order valence-corrected chi connectivity index (χ2v) is 5.85. The van der Waals surface area contributed by atoms with Crippen molar-refractivity contribution in [2.45, 2.75) is 13.5 Å². The number of hydrogen-bond acceptors (Lipinski definition) is 5. The normalized spacial score (nSPS) is 10.9. The van der Waals surface area contributed by atoms with E-state index in [2.05, 4.69) is 20.0 Å². The molecule has 2 aromatic carbocycles. The summed E-state index contributed by atoms with van der Waals surface area (Å²) in [6, 6.07) is 13.2. The number of carbonyl (C=O) groups is 1. The van der Waals surface area contributed by atoms with Crippen LogP contribution in [-0.2, 0) is 4.79 Å². The molecular weight excluding hydrogens is 380 g/mol. The van der Waals surface area contributed by atoms with Gasteiger partial charge in [0.1, 0.15) is 11.5 Å². The number of rotatable bonds is 7. The molecule has 0 radical (unpaired) electrons. The standard InChI is InChI=1S/C21H17F2N3O3/c1-14-13-16(28-21-24-11-4-12-25-21)8-9-17(14)26-19(27)10-7-15-5-2-3-6-18(15)29-20(22)23/h2-13,20H,1H3,(H,26,27). The Balaban J connectivity index is 1.66. The molecule has 0 aliphatic carbocycles. The maximum atomic E-state index is 12.5. The minimum Gasteiger partial charge on any atom is -0.434 e. The molecule has 0 atom stereocenters. The van der Waals surface area contributed by atoms with E-state index >= 15 is 0 Å². The second kappa shape index (κ2) is 9.41. The molecule has 0 fully saturated rings. The molecule has 1 aromatic heterocycles. The van der Waals surface area contributed by atoms with E-state index in [0.29, 0.717) is 17.0 Å². The molecule has 8 heteroatoms. The molecule has 1 heterocycles. The lowest BCUT2D eigenvalue weighted by Gasteiger charge is -2.10. The zero-order chi connectivity index (χ0) is 20.6. The number of alkyl halides is 2. The summed E-state index contributed by atoms with van der Waals surface area (Å²) in [4.78, 5) is 20.2. The Labute approximate surface area is 165 Å². The first kappa shape index (κ1) is 19.9. The van der Waals surface area contributed by atoms with Crippen molar-refractivity contribution in [1.82, 2.24) is 9.97 Å². The zero-order valence-corrected chi connectivity index (χ0v) is 15.4. The third kappa shape index (κ3) is 5.83. The van der Waals surface area contributed by atoms with Gasteiger partial charge in [-0.3, -0.25) is 4.79 Å². The third-order valence-electron chi connectivity index (χ3n) is 3.76. The van der Waals surface area contributed by atoms with Crippen LogP contribution >= 0.6 is 0 Å². The van der Waals surface area contributed by atoms with Crippen LogP contribution < -0.4 is 14.8 Å². The van der Waals surface area contributed by atoms with Gasteiger partial charge >= 0.3 is 12.6 Å². The Kier molecular flexibility index (Phi) is 6.47. The molecule has 0 bridgehead atoms. The Morgan fingerprint density at radius 3 is 2.59 bits per heavy atom. The average molecular weight is 397 g/mol. The van der Waals surface area contributed by atoms with Gasteiger partial charge in [-0.25, -0.2) is 9.97 Å². The number of amides is 1. The van der Waals surface area contributed by atoms with Crippen LogP contribution in [0.2, 0.25) is 0 Å². The molecule has 0 unspecified atom stereocenters. The Morgan fingerprint density at radius 1 is 1.10 bits per heavy atom. The molecule has 29 heavy (non-hydrogen) atoms. The van der Waals surface area contributed by atoms with Crippen molar-refractivity contribution in [2.75, 3.05) is 5.32 Å². The number of halogens is 2. The molecule has 0 saturated heterocycles. The summed E-state index contributed by atoms with van der Waals surface area (Å²) in [6.07, 6.45) is 5.79. The number of anilines is 1. The van der Waals surface area contributed by atoms with Crippen LogP contribution in [0.5, 0.6) is 17.5 Å². The monoisotopic (exact) mass is 397 g/mol. The fourth-order valence-corrected chi connectivity index (χ4v) is 2.44. The maximum Gasteiger partial charge on any atom is 0.387 e. The van der Waals surface area contributed by atoms with Gasteiger partial charge in [-0.15, -0.1) is 0 Å². The fraction of sp³-hybridized carbons (Fsp3) is 0.0952. The SMILES string of the molecule is Cc1cc(Oc2ncccn2)ccc1NC(=O)C=Cc1ccccc1OC(F)F. The number of ether oxygens (including phenoxy) is 2. The lowest BCUT2D eigenvalue weighted by molar-refractivity contribution is -0.111. The van der Waals surface area contributed by atoms with E-state index in [1.807, 2.05) is 6.92 Å². The Bertz CT molecular complexity index is 1010. The van der Waals surface area contributed by atoms with Gasteiger partial charge in [0.2, 0.25) is 5.91 Å². The van der Waals surface area contributed by atoms with Gasteiger partial charge in [0.05, 0.1) is 0 Å². The van der Waals surface area contributed by atoms with Crippen LogP contribution in [0.25, 0.3) is 6.08 Å². The van der Waals surface area contributed by atoms with Crippen molar-refractivity contribution < 1.29 is 23.0 Å². The van der Waals surface area contributed by atoms with E-state index in [4.69, 9.17) is 4.74 Å². The predicted molar refractivity (Wildman–Crippen MR) is 104 cm³/mol. The van der Waals surface area contributed by atoms with E-state index in [-0.39, 0.29) is 11.8 Å². The van der Waals surface area contributed by atoms with E-state index in [0.717, 1.165) is 5.56 Å². The van der Waals surface area contributed by atoms with E-state index in [9.17, 15) is 13.6 Å². The smallest absolute Gasteiger partial charge is 0.387 e. The molecule has 3 aromatic rings. The van der Waals surface area contributed by atoms with Crippen molar-refractivity contribution in [1.29, 1.82) is 0 Å². The highest BCUT2D eigenvalue weighted by Crippen LogP contribution is 2.25. The summed E-state index contributed by atoms with van der Waals surface area (Å²) < 4.78 is 34.9. The van der Waals surface area contributed by atoms with Gasteiger partial charge in [0.15, 0.2) is 0 Å². The van der Waals surface area contributed by atoms with Gasteiger partial charge in [-0.1, -0.05) is 18.2 Å². The molecule has 0 spiro atoms. The number of nitrogens with zero attached hydrogens (tertiary/aromatic N) is 2. The van der Waals surface area contributed by atoms with Gasteiger partial charge in [-0.05, 0) is 48.9 Å². The minimum atomic E-state index is -2.94. The number of hydrogen-bond donors (Lipinski definition) is 1. The van der Waals surface area contributed by atoms with Crippen LogP contribution in [-0.4, -0.2) is 22.5 Å². The summed E-state index contributed by atoms with van der Waals surface area (Å²) in [5, 5.41) is 2.73.